The quantitative estimate of drug-likeness (QED) is 0.204. The summed E-state index contributed by atoms with van der Waals surface area (Å²) in [7, 11) is -2.88. The predicted molar refractivity (Wildman–Crippen MR) is 120 cm³/mol. The van der Waals surface area contributed by atoms with Gasteiger partial charge in [0.15, 0.2) is 5.82 Å². The maximum Gasteiger partial charge on any atom is 0.357 e. The van der Waals surface area contributed by atoms with Crippen molar-refractivity contribution in [3.63, 3.8) is 0 Å². The van der Waals surface area contributed by atoms with Crippen LogP contribution in [0.2, 0.25) is 0 Å². The lowest BCUT2D eigenvalue weighted by Gasteiger charge is -2.22. The number of nitrogen functional groups attached to an aromatic ring is 2. The first kappa shape index (κ1) is 22.1. The number of nitrogens with one attached hydrogen (secondary N) is 1. The molecule has 31 heavy (non-hydrogen) atoms. The first-order valence-electron chi connectivity index (χ1n) is 9.02. The molecular formula is C19H23N7O4S. The Morgan fingerprint density at radius 3 is 2.55 bits per heavy atom. The van der Waals surface area contributed by atoms with Crippen molar-refractivity contribution < 1.29 is 17.7 Å². The maximum atomic E-state index is 11.2. The minimum atomic E-state index is -4.42. The average molecular weight is 446 g/mol. The van der Waals surface area contributed by atoms with Gasteiger partial charge in [-0.2, -0.15) is 13.4 Å². The lowest BCUT2D eigenvalue weighted by Crippen LogP contribution is -2.32. The molecule has 0 saturated carbocycles. The number of hydrogen-bond acceptors (Lipinski definition) is 9. The van der Waals surface area contributed by atoms with Crippen LogP contribution in [0.5, 0.6) is 5.75 Å². The standard InChI is InChI=1S/C19H23N7O4S/c1-11-7-8-12(9-14(11)25-31(27,28)29)10-26(22)18-16(20)17(23-19(21)24-18)13-5-3-4-6-15(13)30-2/h3-9,25H,10,20,22H2,1-2H3,(H2,21,23,24)(H,27,28,29). The van der Waals surface area contributed by atoms with Crippen LogP contribution >= 0.6 is 0 Å². The van der Waals surface area contributed by atoms with Crippen molar-refractivity contribution >= 4 is 33.4 Å². The number of methoxy groups -OCH3 is 1. The fourth-order valence-corrected chi connectivity index (χ4v) is 3.52. The smallest absolute Gasteiger partial charge is 0.357 e. The third-order valence-corrected chi connectivity index (χ3v) is 4.95. The van der Waals surface area contributed by atoms with E-state index in [4.69, 9.17) is 26.6 Å². The number of para-hydroxylation sites is 1. The first-order valence-corrected chi connectivity index (χ1v) is 10.5. The van der Waals surface area contributed by atoms with Gasteiger partial charge in [-0.05, 0) is 36.2 Å². The fourth-order valence-electron chi connectivity index (χ4n) is 3.03. The summed E-state index contributed by atoms with van der Waals surface area (Å²) in [5, 5.41) is 1.27. The highest BCUT2D eigenvalue weighted by atomic mass is 32.2. The van der Waals surface area contributed by atoms with Crippen LogP contribution in [0.1, 0.15) is 11.1 Å². The molecule has 0 fully saturated rings. The van der Waals surface area contributed by atoms with Gasteiger partial charge < -0.3 is 16.2 Å². The van der Waals surface area contributed by atoms with E-state index >= 15 is 0 Å². The third kappa shape index (κ3) is 5.12. The maximum absolute atomic E-state index is 11.2. The Kier molecular flexibility index (Phi) is 6.15. The minimum absolute atomic E-state index is 0.0295. The lowest BCUT2D eigenvalue weighted by molar-refractivity contribution is 0.416. The second kappa shape index (κ2) is 8.63. The van der Waals surface area contributed by atoms with E-state index in [2.05, 4.69) is 14.7 Å². The molecule has 2 aromatic carbocycles. The number of benzene rings is 2. The van der Waals surface area contributed by atoms with Crippen LogP contribution in [0.25, 0.3) is 11.3 Å². The van der Waals surface area contributed by atoms with E-state index in [1.165, 1.54) is 12.1 Å². The van der Waals surface area contributed by atoms with E-state index in [9.17, 15) is 8.42 Å². The number of anilines is 4. The monoisotopic (exact) mass is 445 g/mol. The number of hydrazine groups is 1. The molecule has 3 rings (SSSR count). The summed E-state index contributed by atoms with van der Waals surface area (Å²) in [6.45, 7) is 1.81. The highest BCUT2D eigenvalue weighted by Gasteiger charge is 2.19. The molecule has 0 atom stereocenters. The first-order chi connectivity index (χ1) is 14.6. The van der Waals surface area contributed by atoms with Gasteiger partial charge in [0, 0.05) is 5.56 Å². The molecule has 0 spiro atoms. The molecule has 0 aliphatic carbocycles. The second-order valence-electron chi connectivity index (χ2n) is 6.72. The van der Waals surface area contributed by atoms with E-state index < -0.39 is 10.3 Å². The zero-order valence-electron chi connectivity index (χ0n) is 16.9. The van der Waals surface area contributed by atoms with Crippen LogP contribution in [-0.4, -0.2) is 30.0 Å². The van der Waals surface area contributed by atoms with Crippen molar-refractivity contribution in [1.82, 2.24) is 9.97 Å². The Balaban J connectivity index is 1.97. The lowest BCUT2D eigenvalue weighted by atomic mass is 10.1. The normalized spacial score (nSPS) is 11.2. The van der Waals surface area contributed by atoms with Crippen LogP contribution in [0.4, 0.5) is 23.1 Å². The molecule has 11 nitrogen and oxygen atoms in total. The Labute approximate surface area is 179 Å². The van der Waals surface area contributed by atoms with Gasteiger partial charge in [-0.1, -0.05) is 24.3 Å². The number of rotatable bonds is 7. The van der Waals surface area contributed by atoms with Crippen LogP contribution in [-0.2, 0) is 16.8 Å². The van der Waals surface area contributed by atoms with Gasteiger partial charge in [0.1, 0.15) is 17.1 Å². The van der Waals surface area contributed by atoms with Gasteiger partial charge in [-0.25, -0.2) is 10.8 Å². The summed E-state index contributed by atoms with van der Waals surface area (Å²) in [4.78, 5) is 8.40. The molecule has 8 N–H and O–H groups in total. The third-order valence-electron chi connectivity index (χ3n) is 4.47. The molecule has 0 amide bonds. The Bertz CT molecular complexity index is 1220. The van der Waals surface area contributed by atoms with E-state index in [1.54, 1.807) is 37.3 Å². The van der Waals surface area contributed by atoms with Crippen molar-refractivity contribution in [2.45, 2.75) is 13.5 Å². The molecule has 1 aromatic heterocycles. The van der Waals surface area contributed by atoms with E-state index in [-0.39, 0.29) is 29.7 Å². The molecular weight excluding hydrogens is 422 g/mol. The van der Waals surface area contributed by atoms with E-state index in [1.807, 2.05) is 12.1 Å². The zero-order chi connectivity index (χ0) is 22.8. The molecule has 0 unspecified atom stereocenters. The molecule has 3 aromatic rings. The number of aryl methyl sites for hydroxylation is 1. The van der Waals surface area contributed by atoms with Crippen LogP contribution < -0.4 is 31.8 Å². The molecule has 0 aliphatic rings. The van der Waals surface area contributed by atoms with Crippen LogP contribution in [0.15, 0.2) is 42.5 Å². The van der Waals surface area contributed by atoms with Gasteiger partial charge >= 0.3 is 10.3 Å². The second-order valence-corrected chi connectivity index (χ2v) is 7.88. The molecule has 0 bridgehead atoms. The molecule has 12 heteroatoms. The fraction of sp³-hybridized carbons (Fsp3) is 0.158. The summed E-state index contributed by atoms with van der Waals surface area (Å²) in [5.74, 6) is 6.94. The van der Waals surface area contributed by atoms with Crippen molar-refractivity contribution in [2.24, 2.45) is 5.84 Å². The Morgan fingerprint density at radius 2 is 1.87 bits per heavy atom. The number of hydrogen-bond donors (Lipinski definition) is 5. The van der Waals surface area contributed by atoms with Gasteiger partial charge in [0.25, 0.3) is 0 Å². The Morgan fingerprint density at radius 1 is 1.16 bits per heavy atom. The number of ether oxygens (including phenoxy) is 1. The van der Waals surface area contributed by atoms with Crippen molar-refractivity contribution in [2.75, 3.05) is 28.3 Å². The SMILES string of the molecule is COc1ccccc1-c1nc(N)nc(N(N)Cc2ccc(C)c(NS(=O)(=O)O)c2)c1N. The molecule has 0 radical (unpaired) electrons. The van der Waals surface area contributed by atoms with Gasteiger partial charge in [-0.15, -0.1) is 0 Å². The van der Waals surface area contributed by atoms with Gasteiger partial charge in [-0.3, -0.25) is 14.3 Å². The summed E-state index contributed by atoms with van der Waals surface area (Å²) >= 11 is 0. The molecule has 0 saturated heterocycles. The van der Waals surface area contributed by atoms with E-state index in [0.29, 0.717) is 28.1 Å². The molecule has 164 valence electrons. The number of nitrogens with two attached hydrogens (primary N) is 3. The Hall–Kier alpha value is -3.61. The minimum Gasteiger partial charge on any atom is -0.496 e. The van der Waals surface area contributed by atoms with E-state index in [0.717, 1.165) is 0 Å². The predicted octanol–water partition coefficient (Wildman–Crippen LogP) is 1.72. The topological polar surface area (TPSA) is 183 Å². The van der Waals surface area contributed by atoms with Crippen molar-refractivity contribution in [3.8, 4) is 17.0 Å². The number of nitrogens with zero attached hydrogens (tertiary/aromatic N) is 3. The van der Waals surface area contributed by atoms with Crippen LogP contribution in [0, 0.1) is 6.92 Å². The highest BCUT2D eigenvalue weighted by molar-refractivity contribution is 7.87. The summed E-state index contributed by atoms with van der Waals surface area (Å²) < 4.78 is 38.8. The summed E-state index contributed by atoms with van der Waals surface area (Å²) in [6.07, 6.45) is 0. The summed E-state index contributed by atoms with van der Waals surface area (Å²) in [6, 6.07) is 12.2. The summed E-state index contributed by atoms with van der Waals surface area (Å²) in [5.41, 5.74) is 14.9. The number of aromatic nitrogens is 2. The van der Waals surface area contributed by atoms with Gasteiger partial charge in [0.05, 0.1) is 19.3 Å². The van der Waals surface area contributed by atoms with Crippen LogP contribution in [0.3, 0.4) is 0 Å². The molecule has 1 heterocycles. The molecule has 0 aliphatic heterocycles. The van der Waals surface area contributed by atoms with Gasteiger partial charge in [0.2, 0.25) is 5.95 Å². The zero-order valence-corrected chi connectivity index (χ0v) is 17.7. The highest BCUT2D eigenvalue weighted by Crippen LogP contribution is 2.36. The largest absolute Gasteiger partial charge is 0.496 e. The van der Waals surface area contributed by atoms with Crippen molar-refractivity contribution in [3.05, 3.63) is 53.6 Å². The van der Waals surface area contributed by atoms with Crippen molar-refractivity contribution in [1.29, 1.82) is 0 Å². The average Bonchev–Trinajstić information content (AvgIpc) is 2.70.